The van der Waals surface area contributed by atoms with Crippen LogP contribution in [0, 0.1) is 17.8 Å². The molecule has 86 valence electrons. The van der Waals surface area contributed by atoms with Crippen LogP contribution in [0.25, 0.3) is 0 Å². The van der Waals surface area contributed by atoms with E-state index in [0.29, 0.717) is 18.4 Å². The Bertz CT molecular complexity index is 237. The molecule has 2 unspecified atom stereocenters. The number of amides is 1. The third kappa shape index (κ3) is 2.69. The highest BCUT2D eigenvalue weighted by Gasteiger charge is 2.32. The first-order valence-electron chi connectivity index (χ1n) is 5.85. The maximum atomic E-state index is 11.7. The van der Waals surface area contributed by atoms with Crippen LogP contribution >= 0.6 is 0 Å². The van der Waals surface area contributed by atoms with Crippen molar-refractivity contribution in [2.45, 2.75) is 25.9 Å². The standard InChI is InChI=1S/C11H20N2O2/c1-7(9-4-12-5-9)11(15)13-6-10(14)8-2-3-8/h7-10,12,14H,2-6H2,1H3,(H,13,15). The van der Waals surface area contributed by atoms with Crippen LogP contribution in [0.2, 0.25) is 0 Å². The summed E-state index contributed by atoms with van der Waals surface area (Å²) >= 11 is 0. The van der Waals surface area contributed by atoms with E-state index in [2.05, 4.69) is 10.6 Å². The summed E-state index contributed by atoms with van der Waals surface area (Å²) in [5.74, 6) is 1.06. The van der Waals surface area contributed by atoms with Crippen LogP contribution in [-0.4, -0.2) is 36.8 Å². The molecule has 0 spiro atoms. The van der Waals surface area contributed by atoms with Crippen molar-refractivity contribution in [2.24, 2.45) is 17.8 Å². The molecule has 2 aliphatic rings. The average molecular weight is 212 g/mol. The summed E-state index contributed by atoms with van der Waals surface area (Å²) < 4.78 is 0. The molecule has 15 heavy (non-hydrogen) atoms. The predicted molar refractivity (Wildman–Crippen MR) is 57.3 cm³/mol. The summed E-state index contributed by atoms with van der Waals surface area (Å²) in [5.41, 5.74) is 0. The Morgan fingerprint density at radius 2 is 2.13 bits per heavy atom. The van der Waals surface area contributed by atoms with Crippen molar-refractivity contribution in [3.8, 4) is 0 Å². The van der Waals surface area contributed by atoms with Gasteiger partial charge in [0.15, 0.2) is 0 Å². The van der Waals surface area contributed by atoms with Crippen LogP contribution in [0.15, 0.2) is 0 Å². The molecule has 1 saturated heterocycles. The average Bonchev–Trinajstić information content (AvgIpc) is 2.93. The fourth-order valence-corrected chi connectivity index (χ4v) is 1.89. The quantitative estimate of drug-likeness (QED) is 0.588. The number of nitrogens with one attached hydrogen (secondary N) is 2. The Morgan fingerprint density at radius 3 is 2.60 bits per heavy atom. The van der Waals surface area contributed by atoms with Gasteiger partial charge in [-0.1, -0.05) is 6.92 Å². The van der Waals surface area contributed by atoms with Gasteiger partial charge in [-0.05, 0) is 37.8 Å². The smallest absolute Gasteiger partial charge is 0.223 e. The second-order valence-corrected chi connectivity index (χ2v) is 4.86. The van der Waals surface area contributed by atoms with Gasteiger partial charge in [0.2, 0.25) is 5.91 Å². The van der Waals surface area contributed by atoms with Crippen LogP contribution in [0.3, 0.4) is 0 Å². The Balaban J connectivity index is 1.66. The normalized spacial score (nSPS) is 25.5. The largest absolute Gasteiger partial charge is 0.391 e. The first-order valence-corrected chi connectivity index (χ1v) is 5.85. The topological polar surface area (TPSA) is 61.4 Å². The number of aliphatic hydroxyl groups is 1. The van der Waals surface area contributed by atoms with E-state index in [4.69, 9.17) is 0 Å². The van der Waals surface area contributed by atoms with Crippen molar-refractivity contribution in [3.05, 3.63) is 0 Å². The Hall–Kier alpha value is -0.610. The van der Waals surface area contributed by atoms with E-state index in [0.717, 1.165) is 25.9 Å². The minimum absolute atomic E-state index is 0.0673. The van der Waals surface area contributed by atoms with E-state index in [9.17, 15) is 9.90 Å². The zero-order chi connectivity index (χ0) is 10.8. The van der Waals surface area contributed by atoms with Gasteiger partial charge in [-0.2, -0.15) is 0 Å². The van der Waals surface area contributed by atoms with Gasteiger partial charge in [0.1, 0.15) is 0 Å². The zero-order valence-electron chi connectivity index (χ0n) is 9.20. The van der Waals surface area contributed by atoms with Gasteiger partial charge in [0.05, 0.1) is 6.10 Å². The molecule has 4 heteroatoms. The molecule has 1 saturated carbocycles. The van der Waals surface area contributed by atoms with Gasteiger partial charge in [-0.15, -0.1) is 0 Å². The molecule has 2 fully saturated rings. The number of carbonyl (C=O) groups is 1. The Kier molecular flexibility index (Phi) is 3.26. The molecular formula is C11H20N2O2. The lowest BCUT2D eigenvalue weighted by Gasteiger charge is -2.31. The highest BCUT2D eigenvalue weighted by atomic mass is 16.3. The van der Waals surface area contributed by atoms with Crippen molar-refractivity contribution >= 4 is 5.91 Å². The summed E-state index contributed by atoms with van der Waals surface area (Å²) in [6.07, 6.45) is 1.89. The van der Waals surface area contributed by atoms with Gasteiger partial charge in [0.25, 0.3) is 0 Å². The molecule has 1 amide bonds. The molecule has 4 nitrogen and oxygen atoms in total. The van der Waals surface area contributed by atoms with Gasteiger partial charge in [0, 0.05) is 12.5 Å². The molecule has 0 aromatic rings. The summed E-state index contributed by atoms with van der Waals surface area (Å²) in [6.45, 7) is 4.28. The first kappa shape index (κ1) is 10.9. The molecule has 1 aliphatic carbocycles. The SMILES string of the molecule is CC(C(=O)NCC(O)C1CC1)C1CNC1. The number of hydrogen-bond acceptors (Lipinski definition) is 3. The molecule has 2 rings (SSSR count). The van der Waals surface area contributed by atoms with Crippen LogP contribution in [0.1, 0.15) is 19.8 Å². The van der Waals surface area contributed by atoms with Crippen molar-refractivity contribution in [1.29, 1.82) is 0 Å². The van der Waals surface area contributed by atoms with Gasteiger partial charge < -0.3 is 15.7 Å². The number of carbonyl (C=O) groups excluding carboxylic acids is 1. The minimum atomic E-state index is -0.333. The summed E-state index contributed by atoms with van der Waals surface area (Å²) in [7, 11) is 0. The highest BCUT2D eigenvalue weighted by Crippen LogP contribution is 2.32. The van der Waals surface area contributed by atoms with E-state index in [1.807, 2.05) is 6.92 Å². The van der Waals surface area contributed by atoms with Gasteiger partial charge in [-0.25, -0.2) is 0 Å². The number of rotatable bonds is 5. The number of hydrogen-bond donors (Lipinski definition) is 3. The van der Waals surface area contributed by atoms with Crippen molar-refractivity contribution < 1.29 is 9.90 Å². The van der Waals surface area contributed by atoms with Crippen LogP contribution in [0.5, 0.6) is 0 Å². The molecular weight excluding hydrogens is 192 g/mol. The molecule has 3 N–H and O–H groups in total. The van der Waals surface area contributed by atoms with Gasteiger partial charge in [-0.3, -0.25) is 4.79 Å². The molecule has 1 heterocycles. The van der Waals surface area contributed by atoms with E-state index >= 15 is 0 Å². The lowest BCUT2D eigenvalue weighted by molar-refractivity contribution is -0.127. The van der Waals surface area contributed by atoms with Crippen LogP contribution in [-0.2, 0) is 4.79 Å². The van der Waals surface area contributed by atoms with Crippen molar-refractivity contribution in [3.63, 3.8) is 0 Å². The molecule has 0 radical (unpaired) electrons. The maximum absolute atomic E-state index is 11.7. The summed E-state index contributed by atoms with van der Waals surface area (Å²) in [5, 5.41) is 15.6. The van der Waals surface area contributed by atoms with E-state index in [1.165, 1.54) is 0 Å². The first-order chi connectivity index (χ1) is 7.18. The van der Waals surface area contributed by atoms with Gasteiger partial charge >= 0.3 is 0 Å². The Labute approximate surface area is 90.4 Å². The lowest BCUT2D eigenvalue weighted by Crippen LogP contribution is -2.50. The molecule has 0 aromatic carbocycles. The summed E-state index contributed by atoms with van der Waals surface area (Å²) in [4.78, 5) is 11.7. The van der Waals surface area contributed by atoms with E-state index in [1.54, 1.807) is 0 Å². The summed E-state index contributed by atoms with van der Waals surface area (Å²) in [6, 6.07) is 0. The second kappa shape index (κ2) is 4.49. The molecule has 1 aliphatic heterocycles. The monoisotopic (exact) mass is 212 g/mol. The number of aliphatic hydroxyl groups excluding tert-OH is 1. The molecule has 0 aromatic heterocycles. The molecule has 0 bridgehead atoms. The lowest BCUT2D eigenvalue weighted by atomic mass is 9.88. The minimum Gasteiger partial charge on any atom is -0.391 e. The second-order valence-electron chi connectivity index (χ2n) is 4.86. The van der Waals surface area contributed by atoms with E-state index in [-0.39, 0.29) is 17.9 Å². The predicted octanol–water partition coefficient (Wildman–Crippen LogP) is -0.271. The third-order valence-electron chi connectivity index (χ3n) is 3.59. The van der Waals surface area contributed by atoms with Crippen molar-refractivity contribution in [1.82, 2.24) is 10.6 Å². The Morgan fingerprint density at radius 1 is 1.47 bits per heavy atom. The van der Waals surface area contributed by atoms with Crippen LogP contribution < -0.4 is 10.6 Å². The van der Waals surface area contributed by atoms with Crippen LogP contribution in [0.4, 0.5) is 0 Å². The fourth-order valence-electron chi connectivity index (χ4n) is 1.89. The maximum Gasteiger partial charge on any atom is 0.223 e. The third-order valence-corrected chi connectivity index (χ3v) is 3.59. The molecule has 2 atom stereocenters. The van der Waals surface area contributed by atoms with E-state index < -0.39 is 0 Å². The zero-order valence-corrected chi connectivity index (χ0v) is 9.20. The highest BCUT2D eigenvalue weighted by molar-refractivity contribution is 5.78. The van der Waals surface area contributed by atoms with Crippen molar-refractivity contribution in [2.75, 3.05) is 19.6 Å². The fraction of sp³-hybridized carbons (Fsp3) is 0.909.